The molecule has 0 atom stereocenters. The van der Waals surface area contributed by atoms with Crippen LogP contribution in [0.4, 0.5) is 5.69 Å². The van der Waals surface area contributed by atoms with Gasteiger partial charge in [-0.1, -0.05) is 38.9 Å². The quantitative estimate of drug-likeness (QED) is 0.854. The van der Waals surface area contributed by atoms with Crippen LogP contribution in [0.25, 0.3) is 0 Å². The van der Waals surface area contributed by atoms with E-state index in [0.717, 1.165) is 15.8 Å². The zero-order valence-corrected chi connectivity index (χ0v) is 14.5. The third-order valence-corrected chi connectivity index (χ3v) is 6.11. The Kier molecular flexibility index (Phi) is 4.58. The highest BCUT2D eigenvalue weighted by Crippen LogP contribution is 2.33. The fourth-order valence-corrected chi connectivity index (χ4v) is 4.71. The standard InChI is InChI=1S/C11H10BrClN2O3S2/c1-6-10(19-11(13)14-6)20(16,17)15-8-5-7(12)3-4-9(8)18-2/h3-5,15H,1-2H3. The molecule has 2 rings (SSSR count). The van der Waals surface area contributed by atoms with Crippen molar-refractivity contribution < 1.29 is 13.2 Å². The van der Waals surface area contributed by atoms with Crippen LogP contribution in [-0.4, -0.2) is 20.5 Å². The topological polar surface area (TPSA) is 68.3 Å². The van der Waals surface area contributed by atoms with Crippen molar-refractivity contribution in [2.24, 2.45) is 0 Å². The second-order valence-corrected chi connectivity index (χ2v) is 8.16. The zero-order chi connectivity index (χ0) is 14.9. The normalized spacial score (nSPS) is 11.4. The molecule has 0 spiro atoms. The SMILES string of the molecule is COc1ccc(Br)cc1NS(=O)(=O)c1sc(Cl)nc1C. The number of sulfonamides is 1. The maximum Gasteiger partial charge on any atom is 0.273 e. The summed E-state index contributed by atoms with van der Waals surface area (Å²) in [6.07, 6.45) is 0. The summed E-state index contributed by atoms with van der Waals surface area (Å²) in [4.78, 5) is 3.90. The predicted octanol–water partition coefficient (Wildman–Crippen LogP) is 3.68. The van der Waals surface area contributed by atoms with Crippen LogP contribution >= 0.6 is 38.9 Å². The molecule has 0 aliphatic carbocycles. The molecule has 0 bridgehead atoms. The van der Waals surface area contributed by atoms with Crippen LogP contribution in [0.1, 0.15) is 5.69 Å². The van der Waals surface area contributed by atoms with Gasteiger partial charge in [-0.05, 0) is 25.1 Å². The number of methoxy groups -OCH3 is 1. The van der Waals surface area contributed by atoms with Gasteiger partial charge in [-0.25, -0.2) is 13.4 Å². The number of aryl methyl sites for hydroxylation is 1. The minimum atomic E-state index is -3.75. The second kappa shape index (κ2) is 5.88. The summed E-state index contributed by atoms with van der Waals surface area (Å²) in [6.45, 7) is 1.59. The highest BCUT2D eigenvalue weighted by atomic mass is 79.9. The Labute approximate surface area is 134 Å². The van der Waals surface area contributed by atoms with Crippen molar-refractivity contribution in [2.75, 3.05) is 11.8 Å². The van der Waals surface area contributed by atoms with Crippen molar-refractivity contribution >= 4 is 54.6 Å². The van der Waals surface area contributed by atoms with Gasteiger partial charge in [0.05, 0.1) is 18.5 Å². The van der Waals surface area contributed by atoms with Gasteiger partial charge in [0, 0.05) is 4.47 Å². The number of aromatic nitrogens is 1. The molecule has 0 aliphatic heterocycles. The van der Waals surface area contributed by atoms with E-state index >= 15 is 0 Å². The van der Waals surface area contributed by atoms with Gasteiger partial charge in [0.25, 0.3) is 10.0 Å². The molecule has 0 amide bonds. The molecular formula is C11H10BrClN2O3S2. The van der Waals surface area contributed by atoms with Gasteiger partial charge in [0.2, 0.25) is 0 Å². The monoisotopic (exact) mass is 396 g/mol. The van der Waals surface area contributed by atoms with Gasteiger partial charge in [-0.3, -0.25) is 4.72 Å². The molecule has 108 valence electrons. The number of nitrogens with zero attached hydrogens (tertiary/aromatic N) is 1. The highest BCUT2D eigenvalue weighted by molar-refractivity contribution is 9.10. The third-order valence-electron chi connectivity index (χ3n) is 2.38. The summed E-state index contributed by atoms with van der Waals surface area (Å²) in [5.41, 5.74) is 0.701. The molecule has 0 aliphatic rings. The maximum absolute atomic E-state index is 12.3. The predicted molar refractivity (Wildman–Crippen MR) is 83.4 cm³/mol. The van der Waals surface area contributed by atoms with E-state index in [2.05, 4.69) is 25.6 Å². The molecule has 0 saturated carbocycles. The molecule has 0 fully saturated rings. The molecule has 5 nitrogen and oxygen atoms in total. The van der Waals surface area contributed by atoms with Crippen molar-refractivity contribution in [2.45, 2.75) is 11.1 Å². The number of halogens is 2. The lowest BCUT2D eigenvalue weighted by atomic mass is 10.3. The molecule has 0 saturated heterocycles. The first-order valence-corrected chi connectivity index (χ1v) is 8.80. The molecule has 1 N–H and O–H groups in total. The van der Waals surface area contributed by atoms with Crippen molar-refractivity contribution in [1.82, 2.24) is 4.98 Å². The van der Waals surface area contributed by atoms with Gasteiger partial charge >= 0.3 is 0 Å². The average Bonchev–Trinajstić information content (AvgIpc) is 2.69. The summed E-state index contributed by atoms with van der Waals surface area (Å²) >= 11 is 9.94. The van der Waals surface area contributed by atoms with E-state index in [1.54, 1.807) is 25.1 Å². The fourth-order valence-electron chi connectivity index (χ4n) is 1.55. The first kappa shape index (κ1) is 15.6. The summed E-state index contributed by atoms with van der Waals surface area (Å²) in [7, 11) is -2.28. The van der Waals surface area contributed by atoms with Gasteiger partial charge in [0.15, 0.2) is 8.68 Å². The second-order valence-electron chi connectivity index (χ2n) is 3.79. The van der Waals surface area contributed by atoms with Crippen molar-refractivity contribution in [3.8, 4) is 5.75 Å². The molecule has 2 aromatic rings. The Morgan fingerprint density at radius 3 is 2.70 bits per heavy atom. The van der Waals surface area contributed by atoms with Crippen LogP contribution in [0.15, 0.2) is 26.9 Å². The molecule has 1 aromatic heterocycles. The lowest BCUT2D eigenvalue weighted by molar-refractivity contribution is 0.417. The van der Waals surface area contributed by atoms with Crippen molar-refractivity contribution in [3.05, 3.63) is 32.8 Å². The number of nitrogens with one attached hydrogen (secondary N) is 1. The Balaban J connectivity index is 2.43. The Morgan fingerprint density at radius 1 is 1.45 bits per heavy atom. The lowest BCUT2D eigenvalue weighted by Gasteiger charge is -2.11. The van der Waals surface area contributed by atoms with Gasteiger partial charge in [0.1, 0.15) is 5.75 Å². The van der Waals surface area contributed by atoms with Crippen LogP contribution in [0.3, 0.4) is 0 Å². The molecule has 1 heterocycles. The summed E-state index contributed by atoms with van der Waals surface area (Å²) in [5.74, 6) is 0.421. The number of anilines is 1. The number of benzene rings is 1. The number of hydrogen-bond donors (Lipinski definition) is 1. The van der Waals surface area contributed by atoms with E-state index in [1.807, 2.05) is 0 Å². The van der Waals surface area contributed by atoms with E-state index < -0.39 is 10.0 Å². The van der Waals surface area contributed by atoms with E-state index in [-0.39, 0.29) is 8.68 Å². The van der Waals surface area contributed by atoms with Gasteiger partial charge < -0.3 is 4.74 Å². The smallest absolute Gasteiger partial charge is 0.273 e. The molecule has 1 aromatic carbocycles. The number of rotatable bonds is 4. The molecule has 0 radical (unpaired) electrons. The Bertz CT molecular complexity index is 746. The number of ether oxygens (including phenoxy) is 1. The first-order chi connectivity index (χ1) is 9.33. The number of thiazole rings is 1. The minimum Gasteiger partial charge on any atom is -0.495 e. The number of hydrogen-bond acceptors (Lipinski definition) is 5. The Hall–Kier alpha value is -0.830. The van der Waals surface area contributed by atoms with Crippen molar-refractivity contribution in [3.63, 3.8) is 0 Å². The molecule has 0 unspecified atom stereocenters. The summed E-state index contributed by atoms with van der Waals surface area (Å²) in [5, 5.41) is 0. The van der Waals surface area contributed by atoms with Crippen LogP contribution in [-0.2, 0) is 10.0 Å². The Morgan fingerprint density at radius 2 is 2.15 bits per heavy atom. The average molecular weight is 398 g/mol. The minimum absolute atomic E-state index is 0.0875. The van der Waals surface area contributed by atoms with Gasteiger partial charge in [-0.15, -0.1) is 0 Å². The van der Waals surface area contributed by atoms with E-state index in [4.69, 9.17) is 16.3 Å². The molecule has 9 heteroatoms. The van der Waals surface area contributed by atoms with E-state index in [1.165, 1.54) is 7.11 Å². The summed E-state index contributed by atoms with van der Waals surface area (Å²) < 4.78 is 33.3. The van der Waals surface area contributed by atoms with Crippen LogP contribution < -0.4 is 9.46 Å². The van der Waals surface area contributed by atoms with Gasteiger partial charge in [-0.2, -0.15) is 0 Å². The lowest BCUT2D eigenvalue weighted by Crippen LogP contribution is -2.13. The van der Waals surface area contributed by atoms with E-state index in [9.17, 15) is 8.42 Å². The largest absolute Gasteiger partial charge is 0.495 e. The van der Waals surface area contributed by atoms with Crippen LogP contribution in [0.2, 0.25) is 4.47 Å². The van der Waals surface area contributed by atoms with E-state index in [0.29, 0.717) is 17.1 Å². The first-order valence-electron chi connectivity index (χ1n) is 5.33. The van der Waals surface area contributed by atoms with Crippen LogP contribution in [0, 0.1) is 6.92 Å². The fraction of sp³-hybridized carbons (Fsp3) is 0.182. The third kappa shape index (κ3) is 3.25. The zero-order valence-electron chi connectivity index (χ0n) is 10.5. The van der Waals surface area contributed by atoms with Crippen molar-refractivity contribution in [1.29, 1.82) is 0 Å². The van der Waals surface area contributed by atoms with Crippen LogP contribution in [0.5, 0.6) is 5.75 Å². The molecule has 20 heavy (non-hydrogen) atoms. The highest BCUT2D eigenvalue weighted by Gasteiger charge is 2.23. The summed E-state index contributed by atoms with van der Waals surface area (Å²) in [6, 6.07) is 5.04. The maximum atomic E-state index is 12.3. The molecular weight excluding hydrogens is 388 g/mol.